The van der Waals surface area contributed by atoms with E-state index in [-0.39, 0.29) is 5.91 Å². The van der Waals surface area contributed by atoms with Crippen molar-refractivity contribution >= 4 is 51.5 Å². The Morgan fingerprint density at radius 2 is 2.12 bits per heavy atom. The fourth-order valence-electron chi connectivity index (χ4n) is 1.48. The molecule has 1 heterocycles. The SMILES string of the molecule is CN=C1S/C(=C\c2ccccc2I)C(=O)N1C. The van der Waals surface area contributed by atoms with Crippen LogP contribution in [0.3, 0.4) is 0 Å². The molecule has 17 heavy (non-hydrogen) atoms. The Labute approximate surface area is 118 Å². The third-order valence-corrected chi connectivity index (χ3v) is 4.52. The predicted octanol–water partition coefficient (Wildman–Crippen LogP) is 2.82. The summed E-state index contributed by atoms with van der Waals surface area (Å²) in [5.74, 6) is 0.00949. The molecule has 5 heteroatoms. The molecule has 2 rings (SSSR count). The van der Waals surface area contributed by atoms with Gasteiger partial charge in [-0.25, -0.2) is 0 Å². The fourth-order valence-corrected chi connectivity index (χ4v) is 2.94. The van der Waals surface area contributed by atoms with E-state index >= 15 is 0 Å². The maximum absolute atomic E-state index is 11.9. The van der Waals surface area contributed by atoms with Gasteiger partial charge in [-0.05, 0) is 52.1 Å². The Bertz CT molecular complexity index is 525. The summed E-state index contributed by atoms with van der Waals surface area (Å²) in [4.78, 5) is 18.3. The number of benzene rings is 1. The lowest BCUT2D eigenvalue weighted by molar-refractivity contribution is -0.121. The van der Waals surface area contributed by atoms with Crippen molar-refractivity contribution in [1.29, 1.82) is 0 Å². The molecule has 0 aromatic heterocycles. The van der Waals surface area contributed by atoms with Gasteiger partial charge in [-0.15, -0.1) is 0 Å². The quantitative estimate of drug-likeness (QED) is 0.571. The molecule has 3 nitrogen and oxygen atoms in total. The van der Waals surface area contributed by atoms with Crippen molar-refractivity contribution in [3.8, 4) is 0 Å². The van der Waals surface area contributed by atoms with Gasteiger partial charge in [0.2, 0.25) is 0 Å². The largest absolute Gasteiger partial charge is 0.290 e. The highest BCUT2D eigenvalue weighted by molar-refractivity contribution is 14.1. The molecule has 1 aliphatic rings. The molecule has 88 valence electrons. The second kappa shape index (κ2) is 5.22. The molecule has 0 spiro atoms. The van der Waals surface area contributed by atoms with Gasteiger partial charge in [0.25, 0.3) is 5.91 Å². The van der Waals surface area contributed by atoms with Crippen LogP contribution in [0.15, 0.2) is 34.2 Å². The molecular weight excluding hydrogens is 347 g/mol. The normalized spacial score (nSPS) is 20.6. The number of carbonyl (C=O) groups excluding carboxylic acids is 1. The van der Waals surface area contributed by atoms with Crippen LogP contribution in [-0.2, 0) is 4.79 Å². The lowest BCUT2D eigenvalue weighted by Crippen LogP contribution is -2.23. The lowest BCUT2D eigenvalue weighted by Gasteiger charge is -2.05. The second-order valence-electron chi connectivity index (χ2n) is 3.50. The van der Waals surface area contributed by atoms with Crippen molar-refractivity contribution in [2.24, 2.45) is 4.99 Å². The van der Waals surface area contributed by atoms with Gasteiger partial charge in [-0.3, -0.25) is 14.7 Å². The first-order valence-corrected chi connectivity index (χ1v) is 6.92. The van der Waals surface area contributed by atoms with Crippen LogP contribution in [0.1, 0.15) is 5.56 Å². The average Bonchev–Trinajstić information content (AvgIpc) is 2.60. The average molecular weight is 358 g/mol. The summed E-state index contributed by atoms with van der Waals surface area (Å²) in [6.45, 7) is 0. The van der Waals surface area contributed by atoms with Crippen LogP contribution in [0, 0.1) is 3.57 Å². The van der Waals surface area contributed by atoms with Gasteiger partial charge in [-0.2, -0.15) is 0 Å². The first-order valence-electron chi connectivity index (χ1n) is 5.02. The van der Waals surface area contributed by atoms with Gasteiger partial charge < -0.3 is 0 Å². The number of amides is 1. The van der Waals surface area contributed by atoms with Crippen molar-refractivity contribution in [3.63, 3.8) is 0 Å². The Morgan fingerprint density at radius 1 is 1.41 bits per heavy atom. The number of hydrogen-bond donors (Lipinski definition) is 0. The number of halogens is 1. The highest BCUT2D eigenvalue weighted by atomic mass is 127. The summed E-state index contributed by atoms with van der Waals surface area (Å²) in [5, 5.41) is 0.743. The molecule has 1 aromatic carbocycles. The molecule has 0 radical (unpaired) electrons. The van der Waals surface area contributed by atoms with Gasteiger partial charge in [0.05, 0.1) is 4.91 Å². The number of thioether (sulfide) groups is 1. The number of hydrogen-bond acceptors (Lipinski definition) is 3. The first-order chi connectivity index (χ1) is 8.13. The van der Waals surface area contributed by atoms with Crippen molar-refractivity contribution in [1.82, 2.24) is 4.90 Å². The second-order valence-corrected chi connectivity index (χ2v) is 5.67. The monoisotopic (exact) mass is 358 g/mol. The minimum absolute atomic E-state index is 0.00949. The molecule has 0 saturated carbocycles. The summed E-state index contributed by atoms with van der Waals surface area (Å²) >= 11 is 3.68. The van der Waals surface area contributed by atoms with E-state index < -0.39 is 0 Å². The first kappa shape index (κ1) is 12.6. The zero-order valence-electron chi connectivity index (χ0n) is 9.48. The van der Waals surface area contributed by atoms with Crippen LogP contribution in [0.25, 0.3) is 6.08 Å². The third-order valence-electron chi connectivity index (χ3n) is 2.39. The molecule has 1 fully saturated rings. The summed E-state index contributed by atoms with van der Waals surface area (Å²) in [6, 6.07) is 7.98. The summed E-state index contributed by atoms with van der Waals surface area (Å²) in [6.07, 6.45) is 1.92. The molecule has 1 amide bonds. The Kier molecular flexibility index (Phi) is 3.88. The van der Waals surface area contributed by atoms with E-state index in [2.05, 4.69) is 27.6 Å². The smallest absolute Gasteiger partial charge is 0.266 e. The number of rotatable bonds is 1. The molecule has 0 atom stereocenters. The predicted molar refractivity (Wildman–Crippen MR) is 80.9 cm³/mol. The van der Waals surface area contributed by atoms with E-state index in [0.717, 1.165) is 19.2 Å². The van der Waals surface area contributed by atoms with Crippen molar-refractivity contribution in [2.45, 2.75) is 0 Å². The Balaban J connectivity index is 2.37. The molecule has 0 unspecified atom stereocenters. The molecule has 0 bridgehead atoms. The van der Waals surface area contributed by atoms with Crippen LogP contribution in [0.2, 0.25) is 0 Å². The molecule has 1 aromatic rings. The van der Waals surface area contributed by atoms with E-state index in [1.165, 1.54) is 11.8 Å². The topological polar surface area (TPSA) is 32.7 Å². The lowest BCUT2D eigenvalue weighted by atomic mass is 10.2. The maximum Gasteiger partial charge on any atom is 0.266 e. The van der Waals surface area contributed by atoms with Crippen LogP contribution in [-0.4, -0.2) is 30.1 Å². The highest BCUT2D eigenvalue weighted by Crippen LogP contribution is 2.31. The van der Waals surface area contributed by atoms with Gasteiger partial charge in [0, 0.05) is 17.7 Å². The molecular formula is C12H11IN2OS. The number of likely N-dealkylation sites (N-methyl/N-ethyl adjacent to an activating group) is 1. The standard InChI is InChI=1S/C12H11IN2OS/c1-14-12-15(2)11(16)10(17-12)7-8-5-3-4-6-9(8)13/h3-7H,1-2H3/b10-7-,14-12?. The Morgan fingerprint density at radius 3 is 2.71 bits per heavy atom. The van der Waals surface area contributed by atoms with E-state index in [1.807, 2.05) is 30.3 Å². The molecule has 1 aliphatic heterocycles. The maximum atomic E-state index is 11.9. The summed E-state index contributed by atoms with van der Waals surface area (Å²) in [5.41, 5.74) is 1.06. The van der Waals surface area contributed by atoms with E-state index in [4.69, 9.17) is 0 Å². The fraction of sp³-hybridized carbons (Fsp3) is 0.167. The molecule has 0 aliphatic carbocycles. The van der Waals surface area contributed by atoms with Gasteiger partial charge in [0.1, 0.15) is 0 Å². The van der Waals surface area contributed by atoms with Gasteiger partial charge in [0.15, 0.2) is 5.17 Å². The summed E-state index contributed by atoms with van der Waals surface area (Å²) < 4.78 is 1.13. The number of aliphatic imine (C=N–C) groups is 1. The van der Waals surface area contributed by atoms with Crippen LogP contribution in [0.5, 0.6) is 0 Å². The molecule has 0 N–H and O–H groups in total. The minimum Gasteiger partial charge on any atom is -0.290 e. The van der Waals surface area contributed by atoms with E-state index in [9.17, 15) is 4.79 Å². The Hall–Kier alpha value is -0.820. The van der Waals surface area contributed by atoms with Crippen LogP contribution >= 0.6 is 34.4 Å². The summed E-state index contributed by atoms with van der Waals surface area (Å²) in [7, 11) is 3.44. The van der Waals surface area contributed by atoms with Crippen molar-refractivity contribution < 1.29 is 4.79 Å². The minimum atomic E-state index is 0.00949. The number of carbonyl (C=O) groups is 1. The van der Waals surface area contributed by atoms with Gasteiger partial charge in [-0.1, -0.05) is 18.2 Å². The third kappa shape index (κ3) is 2.55. The van der Waals surface area contributed by atoms with Crippen molar-refractivity contribution in [2.75, 3.05) is 14.1 Å². The zero-order chi connectivity index (χ0) is 12.4. The van der Waals surface area contributed by atoms with Crippen molar-refractivity contribution in [3.05, 3.63) is 38.3 Å². The number of amidine groups is 1. The van der Waals surface area contributed by atoms with E-state index in [1.54, 1.807) is 19.0 Å². The van der Waals surface area contributed by atoms with Crippen LogP contribution < -0.4 is 0 Å². The zero-order valence-corrected chi connectivity index (χ0v) is 12.4. The molecule has 1 saturated heterocycles. The van der Waals surface area contributed by atoms with E-state index in [0.29, 0.717) is 0 Å². The number of nitrogens with zero attached hydrogens (tertiary/aromatic N) is 2. The van der Waals surface area contributed by atoms with Gasteiger partial charge >= 0.3 is 0 Å². The highest BCUT2D eigenvalue weighted by Gasteiger charge is 2.29. The van der Waals surface area contributed by atoms with Crippen LogP contribution in [0.4, 0.5) is 0 Å².